The van der Waals surface area contributed by atoms with Gasteiger partial charge in [0.25, 0.3) is 5.91 Å². The van der Waals surface area contributed by atoms with Gasteiger partial charge in [0.05, 0.1) is 16.9 Å². The average Bonchev–Trinajstić information content (AvgIpc) is 2.97. The number of rotatable bonds is 5. The molecular weight excluding hydrogens is 320 g/mol. The highest BCUT2D eigenvalue weighted by Crippen LogP contribution is 2.20. The monoisotopic (exact) mass is 336 g/mol. The fourth-order valence-electron chi connectivity index (χ4n) is 2.18. The van der Waals surface area contributed by atoms with Gasteiger partial charge in [-0.15, -0.1) is 11.3 Å². The van der Waals surface area contributed by atoms with E-state index in [1.807, 2.05) is 37.3 Å². The molecule has 0 fully saturated rings. The highest BCUT2D eigenvalue weighted by molar-refractivity contribution is 7.13. The second-order valence-corrected chi connectivity index (χ2v) is 6.25. The first kappa shape index (κ1) is 16.0. The topological polar surface area (TPSA) is 67.2 Å². The Bertz CT molecular complexity index is 844. The number of aromatic nitrogens is 2. The van der Waals surface area contributed by atoms with Crippen molar-refractivity contribution in [3.8, 4) is 0 Å². The van der Waals surface area contributed by atoms with Gasteiger partial charge in [0.1, 0.15) is 4.88 Å². The summed E-state index contributed by atoms with van der Waals surface area (Å²) in [5.41, 5.74) is 5.26. The van der Waals surface area contributed by atoms with E-state index >= 15 is 0 Å². The number of carbonyl (C=O) groups excluding carboxylic acids is 1. The zero-order chi connectivity index (χ0) is 16.8. The van der Waals surface area contributed by atoms with Crippen LogP contribution < -0.4 is 5.43 Å². The predicted molar refractivity (Wildman–Crippen MR) is 95.4 cm³/mol. The molecule has 1 aromatic carbocycles. The molecule has 0 aliphatic carbocycles. The van der Waals surface area contributed by atoms with Crippen LogP contribution in [0.25, 0.3) is 0 Å². The molecule has 1 amide bonds. The molecule has 0 spiro atoms. The maximum Gasteiger partial charge on any atom is 0.283 e. The molecule has 120 valence electrons. The van der Waals surface area contributed by atoms with Crippen molar-refractivity contribution in [2.24, 2.45) is 5.10 Å². The second-order valence-electron chi connectivity index (χ2n) is 5.17. The third-order valence-corrected chi connectivity index (χ3v) is 4.47. The van der Waals surface area contributed by atoms with Gasteiger partial charge in [-0.2, -0.15) is 5.10 Å². The minimum Gasteiger partial charge on any atom is -0.266 e. The normalized spacial score (nSPS) is 10.9. The number of nitrogens with zero attached hydrogens (tertiary/aromatic N) is 3. The molecule has 0 radical (unpaired) electrons. The molecule has 3 rings (SSSR count). The molecule has 0 saturated heterocycles. The summed E-state index contributed by atoms with van der Waals surface area (Å²) in [6.07, 6.45) is 5.64. The number of hydrogen-bond acceptors (Lipinski definition) is 5. The molecule has 2 aromatic heterocycles. The van der Waals surface area contributed by atoms with E-state index in [1.165, 1.54) is 16.9 Å². The zero-order valence-electron chi connectivity index (χ0n) is 13.1. The van der Waals surface area contributed by atoms with Crippen LogP contribution in [-0.2, 0) is 6.42 Å². The number of pyridine rings is 1. The molecular formula is C18H16N4OS. The molecule has 24 heavy (non-hydrogen) atoms. The van der Waals surface area contributed by atoms with Crippen LogP contribution in [0, 0.1) is 6.92 Å². The van der Waals surface area contributed by atoms with Gasteiger partial charge in [-0.25, -0.2) is 10.4 Å². The fraction of sp³-hybridized carbons (Fsp3) is 0.111. The summed E-state index contributed by atoms with van der Waals surface area (Å²) in [6, 6.07) is 13.7. The summed E-state index contributed by atoms with van der Waals surface area (Å²) in [5.74, 6) is -0.246. The number of thiazole rings is 1. The lowest BCUT2D eigenvalue weighted by molar-refractivity contribution is 0.0958. The van der Waals surface area contributed by atoms with Gasteiger partial charge in [-0.3, -0.25) is 9.78 Å². The Morgan fingerprint density at radius 2 is 2.08 bits per heavy atom. The van der Waals surface area contributed by atoms with Crippen molar-refractivity contribution in [3.05, 3.63) is 81.6 Å². The third kappa shape index (κ3) is 4.11. The lowest BCUT2D eigenvalue weighted by Crippen LogP contribution is -2.17. The molecule has 0 aliphatic heterocycles. The Kier molecular flexibility index (Phi) is 5.08. The number of benzene rings is 1. The average molecular weight is 336 g/mol. The molecule has 0 atom stereocenters. The van der Waals surface area contributed by atoms with Crippen molar-refractivity contribution in [1.29, 1.82) is 0 Å². The third-order valence-electron chi connectivity index (χ3n) is 3.31. The van der Waals surface area contributed by atoms with E-state index < -0.39 is 0 Å². The molecule has 0 aliphatic rings. The van der Waals surface area contributed by atoms with E-state index in [0.717, 1.165) is 22.7 Å². The molecule has 0 bridgehead atoms. The molecule has 0 saturated carbocycles. The van der Waals surface area contributed by atoms with Crippen molar-refractivity contribution < 1.29 is 4.79 Å². The Hall–Kier alpha value is -2.86. The standard InChI is InChI=1S/C18H16N4OS/c1-13-17(18(23)22-20-12-15-8-5-9-19-11-15)24-16(21-13)10-14-6-3-2-4-7-14/h2-9,11-12H,10H2,1H3,(H,22,23)/b20-12-. The summed E-state index contributed by atoms with van der Waals surface area (Å²) in [4.78, 5) is 21.3. The smallest absolute Gasteiger partial charge is 0.266 e. The fourth-order valence-corrected chi connectivity index (χ4v) is 3.17. The number of carbonyl (C=O) groups is 1. The molecule has 1 N–H and O–H groups in total. The van der Waals surface area contributed by atoms with Gasteiger partial charge in [-0.1, -0.05) is 36.4 Å². The summed E-state index contributed by atoms with van der Waals surface area (Å²) < 4.78 is 0. The Balaban J connectivity index is 1.66. The molecule has 6 heteroatoms. The van der Waals surface area contributed by atoms with Crippen LogP contribution in [0.2, 0.25) is 0 Å². The SMILES string of the molecule is Cc1nc(Cc2ccccc2)sc1C(=O)N/N=C\c1cccnc1. The second kappa shape index (κ2) is 7.61. The number of nitrogens with one attached hydrogen (secondary N) is 1. The molecule has 3 aromatic rings. The Labute approximate surface area is 144 Å². The van der Waals surface area contributed by atoms with Gasteiger partial charge < -0.3 is 0 Å². The quantitative estimate of drug-likeness (QED) is 0.575. The van der Waals surface area contributed by atoms with Gasteiger partial charge in [0, 0.05) is 24.4 Å². The molecule has 5 nitrogen and oxygen atoms in total. The largest absolute Gasteiger partial charge is 0.283 e. The highest BCUT2D eigenvalue weighted by Gasteiger charge is 2.14. The number of hydrazone groups is 1. The summed E-state index contributed by atoms with van der Waals surface area (Å²) >= 11 is 1.40. The highest BCUT2D eigenvalue weighted by atomic mass is 32.1. The van der Waals surface area contributed by atoms with Crippen LogP contribution >= 0.6 is 11.3 Å². The van der Waals surface area contributed by atoms with Crippen molar-refractivity contribution in [1.82, 2.24) is 15.4 Å². The Morgan fingerprint density at radius 3 is 2.83 bits per heavy atom. The lowest BCUT2D eigenvalue weighted by Gasteiger charge is -1.97. The lowest BCUT2D eigenvalue weighted by atomic mass is 10.2. The van der Waals surface area contributed by atoms with E-state index in [1.54, 1.807) is 18.6 Å². The van der Waals surface area contributed by atoms with Crippen LogP contribution in [-0.4, -0.2) is 22.1 Å². The minimum atomic E-state index is -0.246. The minimum absolute atomic E-state index is 0.246. The first-order chi connectivity index (χ1) is 11.7. The van der Waals surface area contributed by atoms with E-state index in [4.69, 9.17) is 0 Å². The van der Waals surface area contributed by atoms with Crippen LogP contribution in [0.3, 0.4) is 0 Å². The number of amides is 1. The van der Waals surface area contributed by atoms with Crippen molar-refractivity contribution in [2.45, 2.75) is 13.3 Å². The van der Waals surface area contributed by atoms with E-state index in [-0.39, 0.29) is 5.91 Å². The van der Waals surface area contributed by atoms with Crippen LogP contribution in [0.1, 0.15) is 31.5 Å². The summed E-state index contributed by atoms with van der Waals surface area (Å²) in [5, 5.41) is 4.88. The van der Waals surface area contributed by atoms with Gasteiger partial charge in [0.2, 0.25) is 0 Å². The maximum absolute atomic E-state index is 12.3. The maximum atomic E-state index is 12.3. The van der Waals surface area contributed by atoms with Crippen molar-refractivity contribution >= 4 is 23.5 Å². The van der Waals surface area contributed by atoms with Gasteiger partial charge >= 0.3 is 0 Å². The van der Waals surface area contributed by atoms with Crippen molar-refractivity contribution in [3.63, 3.8) is 0 Å². The first-order valence-electron chi connectivity index (χ1n) is 7.46. The van der Waals surface area contributed by atoms with E-state index in [9.17, 15) is 4.79 Å². The van der Waals surface area contributed by atoms with Crippen molar-refractivity contribution in [2.75, 3.05) is 0 Å². The summed E-state index contributed by atoms with van der Waals surface area (Å²) in [7, 11) is 0. The Morgan fingerprint density at radius 1 is 1.25 bits per heavy atom. The predicted octanol–water partition coefficient (Wildman–Crippen LogP) is 3.20. The zero-order valence-corrected chi connectivity index (χ0v) is 14.0. The van der Waals surface area contributed by atoms with Crippen LogP contribution in [0.4, 0.5) is 0 Å². The molecule has 2 heterocycles. The number of aryl methyl sites for hydroxylation is 1. The van der Waals surface area contributed by atoms with Gasteiger partial charge in [0.15, 0.2) is 0 Å². The number of hydrogen-bond donors (Lipinski definition) is 1. The van der Waals surface area contributed by atoms with E-state index in [0.29, 0.717) is 4.88 Å². The van der Waals surface area contributed by atoms with Crippen LogP contribution in [0.5, 0.6) is 0 Å². The first-order valence-corrected chi connectivity index (χ1v) is 8.27. The summed E-state index contributed by atoms with van der Waals surface area (Å²) in [6.45, 7) is 1.84. The van der Waals surface area contributed by atoms with Gasteiger partial charge in [-0.05, 0) is 18.6 Å². The molecule has 0 unspecified atom stereocenters. The van der Waals surface area contributed by atoms with E-state index in [2.05, 4.69) is 32.6 Å². The van der Waals surface area contributed by atoms with Crippen LogP contribution in [0.15, 0.2) is 60.0 Å².